The summed E-state index contributed by atoms with van der Waals surface area (Å²) in [7, 11) is 0. The lowest BCUT2D eigenvalue weighted by atomic mass is 9.46. The number of hydrogen-bond donors (Lipinski definition) is 2. The van der Waals surface area contributed by atoms with Crippen molar-refractivity contribution in [1.29, 1.82) is 0 Å². The van der Waals surface area contributed by atoms with Crippen LogP contribution in [-0.4, -0.2) is 24.2 Å². The molecule has 0 spiro atoms. The fraction of sp³-hybridized carbons (Fsp3) is 1.00. The summed E-state index contributed by atoms with van der Waals surface area (Å²) in [5.74, 6) is 3.35. The molecule has 34 heavy (non-hydrogen) atoms. The number of rotatable bonds is 6. The molecule has 2 heterocycles. The monoisotopic (exact) mass is 474 g/mol. The molecule has 0 aromatic heterocycles. The number of piperidine rings is 2. The summed E-state index contributed by atoms with van der Waals surface area (Å²) < 4.78 is 0. The van der Waals surface area contributed by atoms with Gasteiger partial charge in [0, 0.05) is 24.2 Å². The van der Waals surface area contributed by atoms with Gasteiger partial charge in [0.25, 0.3) is 0 Å². The molecule has 1 unspecified atom stereocenters. The minimum atomic E-state index is 0.243. The van der Waals surface area contributed by atoms with E-state index < -0.39 is 0 Å². The van der Waals surface area contributed by atoms with Crippen molar-refractivity contribution < 1.29 is 0 Å². The Labute approximate surface area is 214 Å². The fourth-order valence-corrected chi connectivity index (χ4v) is 10.6. The van der Waals surface area contributed by atoms with Crippen molar-refractivity contribution in [3.63, 3.8) is 0 Å². The molecule has 2 N–H and O–H groups in total. The Bertz CT molecular complexity index is 664. The van der Waals surface area contributed by atoms with Crippen molar-refractivity contribution >= 4 is 0 Å². The second-order valence-corrected chi connectivity index (χ2v) is 16.3. The molecule has 2 saturated heterocycles. The van der Waals surface area contributed by atoms with Crippen LogP contribution in [0.25, 0.3) is 0 Å². The molecular formula is C32H62N2. The molecule has 0 aromatic rings. The topological polar surface area (TPSA) is 24.1 Å². The van der Waals surface area contributed by atoms with Crippen molar-refractivity contribution in [2.45, 2.75) is 146 Å². The first-order valence-electron chi connectivity index (χ1n) is 14.9. The van der Waals surface area contributed by atoms with Crippen LogP contribution in [0.5, 0.6) is 0 Å². The lowest BCUT2D eigenvalue weighted by Crippen LogP contribution is -2.61. The molecule has 0 bridgehead atoms. The Hall–Kier alpha value is -0.0800. The molecule has 0 radical (unpaired) electrons. The van der Waals surface area contributed by atoms with Crippen LogP contribution in [0, 0.1) is 45.3 Å². The standard InChI is InChI=1S/C32H62N2/c1-13-31(11,25-19-29(7,8)34-30(9,10)20-25)23-15-17-24(18-16-23)32(12,14-2)26-27(3,4)21-33-22-28(26,5)6/h23-26,33-34H,13-22H2,1-12H3/t23?,24?,31-,32?/m1/s1. The van der Waals surface area contributed by atoms with E-state index in [1.807, 2.05) is 0 Å². The van der Waals surface area contributed by atoms with E-state index in [0.29, 0.717) is 21.7 Å². The van der Waals surface area contributed by atoms with E-state index in [-0.39, 0.29) is 11.1 Å². The van der Waals surface area contributed by atoms with Crippen molar-refractivity contribution in [2.75, 3.05) is 13.1 Å². The molecule has 1 saturated carbocycles. The second-order valence-electron chi connectivity index (χ2n) is 16.3. The minimum absolute atomic E-state index is 0.243. The van der Waals surface area contributed by atoms with E-state index in [2.05, 4.69) is 93.7 Å². The zero-order valence-electron chi connectivity index (χ0n) is 25.4. The first-order valence-corrected chi connectivity index (χ1v) is 14.9. The third-order valence-corrected chi connectivity index (χ3v) is 11.6. The summed E-state index contributed by atoms with van der Waals surface area (Å²) in [5.41, 5.74) is 2.10. The quantitative estimate of drug-likeness (QED) is 0.403. The van der Waals surface area contributed by atoms with Crippen LogP contribution in [0.4, 0.5) is 0 Å². The molecule has 2 heteroatoms. The van der Waals surface area contributed by atoms with Crippen LogP contribution in [0.1, 0.15) is 134 Å². The highest BCUT2D eigenvalue weighted by Crippen LogP contribution is 2.61. The zero-order valence-corrected chi connectivity index (χ0v) is 25.4. The summed E-state index contributed by atoms with van der Waals surface area (Å²) in [6.07, 6.45) is 11.1. The number of nitrogens with one attached hydrogen (secondary N) is 2. The predicted octanol–water partition coefficient (Wildman–Crippen LogP) is 8.45. The van der Waals surface area contributed by atoms with Crippen LogP contribution in [0.15, 0.2) is 0 Å². The Balaban J connectivity index is 1.80. The van der Waals surface area contributed by atoms with Gasteiger partial charge in [-0.2, -0.15) is 0 Å². The summed E-state index contributed by atoms with van der Waals surface area (Å²) >= 11 is 0. The van der Waals surface area contributed by atoms with E-state index in [4.69, 9.17) is 0 Å². The molecule has 3 aliphatic rings. The van der Waals surface area contributed by atoms with Crippen LogP contribution in [0.2, 0.25) is 0 Å². The van der Waals surface area contributed by atoms with Crippen LogP contribution < -0.4 is 10.6 Å². The molecule has 2 nitrogen and oxygen atoms in total. The van der Waals surface area contributed by atoms with Gasteiger partial charge in [0.15, 0.2) is 0 Å². The first-order chi connectivity index (χ1) is 15.4. The predicted molar refractivity (Wildman–Crippen MR) is 150 cm³/mol. The molecule has 3 rings (SSSR count). The summed E-state index contributed by atoms with van der Waals surface area (Å²) in [6.45, 7) is 32.6. The summed E-state index contributed by atoms with van der Waals surface area (Å²) in [5, 5.41) is 7.72. The highest BCUT2D eigenvalue weighted by molar-refractivity contribution is 5.07. The summed E-state index contributed by atoms with van der Waals surface area (Å²) in [6, 6.07) is 0. The molecule has 2 atom stereocenters. The average Bonchev–Trinajstić information content (AvgIpc) is 2.69. The molecule has 1 aliphatic carbocycles. The van der Waals surface area contributed by atoms with E-state index in [0.717, 1.165) is 23.7 Å². The van der Waals surface area contributed by atoms with E-state index in [1.54, 1.807) is 0 Å². The van der Waals surface area contributed by atoms with Crippen molar-refractivity contribution in [3.8, 4) is 0 Å². The lowest BCUT2D eigenvalue weighted by molar-refractivity contribution is -0.108. The molecule has 200 valence electrons. The molecule has 0 amide bonds. The van der Waals surface area contributed by atoms with Gasteiger partial charge in [0.1, 0.15) is 0 Å². The van der Waals surface area contributed by atoms with E-state index in [9.17, 15) is 0 Å². The van der Waals surface area contributed by atoms with Crippen LogP contribution >= 0.6 is 0 Å². The Kier molecular flexibility index (Phi) is 7.83. The maximum Gasteiger partial charge on any atom is 0.0132 e. The van der Waals surface area contributed by atoms with E-state index >= 15 is 0 Å². The van der Waals surface area contributed by atoms with Crippen LogP contribution in [-0.2, 0) is 0 Å². The van der Waals surface area contributed by atoms with Crippen molar-refractivity contribution in [3.05, 3.63) is 0 Å². The van der Waals surface area contributed by atoms with Crippen molar-refractivity contribution in [2.24, 2.45) is 45.3 Å². The van der Waals surface area contributed by atoms with Gasteiger partial charge < -0.3 is 10.6 Å². The molecular weight excluding hydrogens is 412 g/mol. The van der Waals surface area contributed by atoms with Gasteiger partial charge in [0.05, 0.1) is 0 Å². The van der Waals surface area contributed by atoms with Gasteiger partial charge in [-0.3, -0.25) is 0 Å². The van der Waals surface area contributed by atoms with E-state index in [1.165, 1.54) is 64.5 Å². The SMILES string of the molecule is CCC(C)(C1CCC([C@@](C)(CC)C2CC(C)(C)NC(C)(C)C2)CC1)C1C(C)(C)CNCC1(C)C. The second kappa shape index (κ2) is 9.34. The Morgan fingerprint density at radius 3 is 1.38 bits per heavy atom. The smallest absolute Gasteiger partial charge is 0.0132 e. The highest BCUT2D eigenvalue weighted by atomic mass is 15.0. The number of hydrogen-bond acceptors (Lipinski definition) is 2. The maximum atomic E-state index is 3.94. The largest absolute Gasteiger partial charge is 0.316 e. The third kappa shape index (κ3) is 5.29. The lowest BCUT2D eigenvalue weighted by Gasteiger charge is -2.61. The van der Waals surface area contributed by atoms with Gasteiger partial charge in [-0.15, -0.1) is 0 Å². The Morgan fingerprint density at radius 1 is 0.618 bits per heavy atom. The third-order valence-electron chi connectivity index (χ3n) is 11.6. The van der Waals surface area contributed by atoms with Crippen molar-refractivity contribution in [1.82, 2.24) is 10.6 Å². The maximum absolute atomic E-state index is 3.94. The molecule has 2 aliphatic heterocycles. The van der Waals surface area contributed by atoms with Gasteiger partial charge in [-0.1, -0.05) is 68.2 Å². The van der Waals surface area contributed by atoms with Gasteiger partial charge in [-0.05, 0) is 112 Å². The summed E-state index contributed by atoms with van der Waals surface area (Å²) in [4.78, 5) is 0. The van der Waals surface area contributed by atoms with Crippen LogP contribution in [0.3, 0.4) is 0 Å². The molecule has 0 aromatic carbocycles. The molecule has 3 fully saturated rings. The zero-order chi connectivity index (χ0) is 25.8. The van der Waals surface area contributed by atoms with Gasteiger partial charge >= 0.3 is 0 Å². The average molecular weight is 475 g/mol. The van der Waals surface area contributed by atoms with Gasteiger partial charge in [-0.25, -0.2) is 0 Å². The highest BCUT2D eigenvalue weighted by Gasteiger charge is 2.56. The Morgan fingerprint density at radius 2 is 1.00 bits per heavy atom. The minimum Gasteiger partial charge on any atom is -0.316 e. The normalized spacial score (nSPS) is 35.3. The van der Waals surface area contributed by atoms with Gasteiger partial charge in [0.2, 0.25) is 0 Å². The first kappa shape index (κ1) is 28.5. The fourth-order valence-electron chi connectivity index (χ4n) is 10.6.